The van der Waals surface area contributed by atoms with E-state index < -0.39 is 0 Å². The first-order chi connectivity index (χ1) is 10.7. The summed E-state index contributed by atoms with van der Waals surface area (Å²) >= 11 is 1.69. The van der Waals surface area contributed by atoms with Gasteiger partial charge >= 0.3 is 0 Å². The first kappa shape index (κ1) is 19.8. The summed E-state index contributed by atoms with van der Waals surface area (Å²) in [6.45, 7) is 8.40. The second-order valence-electron chi connectivity index (χ2n) is 5.04. The fraction of sp³-hybridized carbons (Fsp3) is 0.438. The predicted molar refractivity (Wildman–Crippen MR) is 108 cm³/mol. The van der Waals surface area contributed by atoms with Crippen molar-refractivity contribution >= 4 is 41.3 Å². The second kappa shape index (κ2) is 10.5. The van der Waals surface area contributed by atoms with Crippen LogP contribution in [0.3, 0.4) is 0 Å². The van der Waals surface area contributed by atoms with Crippen molar-refractivity contribution in [3.05, 3.63) is 45.7 Å². The van der Waals surface area contributed by atoms with Crippen molar-refractivity contribution < 1.29 is 0 Å². The average molecular weight is 445 g/mol. The molecule has 5 nitrogen and oxygen atoms in total. The van der Waals surface area contributed by atoms with Crippen LogP contribution in [0.2, 0.25) is 0 Å². The number of guanidine groups is 1. The van der Waals surface area contributed by atoms with Gasteiger partial charge in [0, 0.05) is 36.1 Å². The van der Waals surface area contributed by atoms with Crippen LogP contribution in [0.5, 0.6) is 0 Å². The summed E-state index contributed by atoms with van der Waals surface area (Å²) in [7, 11) is 0. The molecule has 2 N–H and O–H groups in total. The molecule has 2 aromatic rings. The van der Waals surface area contributed by atoms with Gasteiger partial charge in [0.15, 0.2) is 5.96 Å². The Hall–Kier alpha value is -1.22. The third-order valence-corrected chi connectivity index (χ3v) is 3.96. The number of nitrogens with one attached hydrogen (secondary N) is 2. The molecule has 0 aliphatic carbocycles. The topological polar surface area (TPSA) is 62.2 Å². The molecule has 0 spiro atoms. The molecule has 0 unspecified atom stereocenters. The van der Waals surface area contributed by atoms with Crippen molar-refractivity contribution in [3.63, 3.8) is 0 Å². The van der Waals surface area contributed by atoms with E-state index in [1.807, 2.05) is 25.4 Å². The Morgan fingerprint density at radius 3 is 2.61 bits per heavy atom. The zero-order valence-electron chi connectivity index (χ0n) is 13.8. The molecule has 7 heteroatoms. The average Bonchev–Trinajstić information content (AvgIpc) is 2.92. The summed E-state index contributed by atoms with van der Waals surface area (Å²) in [5, 5.41) is 7.64. The Morgan fingerprint density at radius 1 is 1.17 bits per heavy atom. The molecule has 0 bridgehead atoms. The van der Waals surface area contributed by atoms with Crippen LogP contribution >= 0.6 is 35.3 Å². The molecular weight excluding hydrogens is 421 g/mol. The Morgan fingerprint density at radius 2 is 2.00 bits per heavy atom. The summed E-state index contributed by atoms with van der Waals surface area (Å²) < 4.78 is 0. The van der Waals surface area contributed by atoms with E-state index >= 15 is 0 Å². The van der Waals surface area contributed by atoms with E-state index in [0.717, 1.165) is 36.2 Å². The predicted octanol–water partition coefficient (Wildman–Crippen LogP) is 3.07. The van der Waals surface area contributed by atoms with Gasteiger partial charge < -0.3 is 10.6 Å². The van der Waals surface area contributed by atoms with E-state index in [1.165, 1.54) is 10.4 Å². The number of aliphatic imine (C=N–C) groups is 1. The van der Waals surface area contributed by atoms with Crippen molar-refractivity contribution in [1.82, 2.24) is 20.6 Å². The lowest BCUT2D eigenvalue weighted by Crippen LogP contribution is -2.38. The lowest BCUT2D eigenvalue weighted by molar-refractivity contribution is 0.796. The Bertz CT molecular complexity index is 609. The van der Waals surface area contributed by atoms with Gasteiger partial charge in [-0.3, -0.25) is 4.98 Å². The first-order valence-corrected chi connectivity index (χ1v) is 8.34. The minimum absolute atomic E-state index is 0. The molecule has 2 rings (SSSR count). The lowest BCUT2D eigenvalue weighted by Gasteiger charge is -2.10. The van der Waals surface area contributed by atoms with Crippen LogP contribution in [0.4, 0.5) is 0 Å². The van der Waals surface area contributed by atoms with Gasteiger partial charge in [-0.1, -0.05) is 6.07 Å². The van der Waals surface area contributed by atoms with Gasteiger partial charge in [-0.2, -0.15) is 0 Å². The third-order valence-electron chi connectivity index (χ3n) is 3.06. The SMILES string of the molecule is CCNC(=NCc1ncc(C)s1)NCCc1ccc(C)nc1.I. The molecule has 0 aromatic carbocycles. The second-order valence-corrected chi connectivity index (χ2v) is 6.36. The highest BCUT2D eigenvalue weighted by Crippen LogP contribution is 2.11. The summed E-state index contributed by atoms with van der Waals surface area (Å²) in [6, 6.07) is 4.16. The number of aryl methyl sites for hydroxylation is 2. The summed E-state index contributed by atoms with van der Waals surface area (Å²) in [4.78, 5) is 14.4. The largest absolute Gasteiger partial charge is 0.357 e. The van der Waals surface area contributed by atoms with Crippen LogP contribution < -0.4 is 10.6 Å². The van der Waals surface area contributed by atoms with Gasteiger partial charge in [0.05, 0.1) is 6.54 Å². The molecule has 2 aromatic heterocycles. The highest BCUT2D eigenvalue weighted by molar-refractivity contribution is 14.0. The lowest BCUT2D eigenvalue weighted by atomic mass is 10.2. The molecule has 0 saturated carbocycles. The molecule has 23 heavy (non-hydrogen) atoms. The van der Waals surface area contributed by atoms with E-state index in [2.05, 4.69) is 45.5 Å². The summed E-state index contributed by atoms with van der Waals surface area (Å²) in [5.74, 6) is 0.829. The van der Waals surface area contributed by atoms with Gasteiger partial charge in [0.2, 0.25) is 0 Å². The highest BCUT2D eigenvalue weighted by atomic mass is 127. The fourth-order valence-corrected chi connectivity index (χ4v) is 2.65. The Balaban J connectivity index is 0.00000264. The molecule has 0 aliphatic rings. The minimum Gasteiger partial charge on any atom is -0.357 e. The maximum atomic E-state index is 4.57. The fourth-order valence-electron chi connectivity index (χ4n) is 1.93. The monoisotopic (exact) mass is 445 g/mol. The van der Waals surface area contributed by atoms with E-state index in [4.69, 9.17) is 0 Å². The number of nitrogens with zero attached hydrogens (tertiary/aromatic N) is 3. The van der Waals surface area contributed by atoms with Crippen LogP contribution in [0, 0.1) is 13.8 Å². The number of pyridine rings is 1. The number of aromatic nitrogens is 2. The molecule has 126 valence electrons. The Kier molecular flexibility index (Phi) is 9.08. The van der Waals surface area contributed by atoms with Crippen molar-refractivity contribution in [3.8, 4) is 0 Å². The van der Waals surface area contributed by atoms with Crippen molar-refractivity contribution in [2.45, 2.75) is 33.7 Å². The van der Waals surface area contributed by atoms with Crippen LogP contribution in [-0.4, -0.2) is 29.0 Å². The standard InChI is InChI=1S/C16H23N5S.HI/c1-4-17-16(21-11-15-20-9-13(3)22-15)18-8-7-14-6-5-12(2)19-10-14;/h5-6,9-10H,4,7-8,11H2,1-3H3,(H2,17,18,21);1H. The number of hydrogen-bond donors (Lipinski definition) is 2. The quantitative estimate of drug-likeness (QED) is 0.408. The maximum absolute atomic E-state index is 4.57. The summed E-state index contributed by atoms with van der Waals surface area (Å²) in [5.41, 5.74) is 2.27. The molecule has 0 aliphatic heterocycles. The normalized spacial score (nSPS) is 11.0. The number of halogens is 1. The van der Waals surface area contributed by atoms with E-state index in [-0.39, 0.29) is 24.0 Å². The first-order valence-electron chi connectivity index (χ1n) is 7.52. The van der Waals surface area contributed by atoms with Crippen LogP contribution in [0.15, 0.2) is 29.5 Å². The zero-order chi connectivity index (χ0) is 15.8. The van der Waals surface area contributed by atoms with Crippen molar-refractivity contribution in [2.75, 3.05) is 13.1 Å². The van der Waals surface area contributed by atoms with Gasteiger partial charge in [-0.05, 0) is 38.8 Å². The molecule has 0 fully saturated rings. The van der Waals surface area contributed by atoms with Crippen LogP contribution in [0.25, 0.3) is 0 Å². The highest BCUT2D eigenvalue weighted by Gasteiger charge is 2.01. The number of hydrogen-bond acceptors (Lipinski definition) is 4. The molecule has 0 saturated heterocycles. The van der Waals surface area contributed by atoms with Crippen LogP contribution in [-0.2, 0) is 13.0 Å². The number of thiazole rings is 1. The number of rotatable bonds is 6. The van der Waals surface area contributed by atoms with Gasteiger partial charge in [-0.25, -0.2) is 9.98 Å². The molecule has 2 heterocycles. The van der Waals surface area contributed by atoms with Gasteiger partial charge in [-0.15, -0.1) is 35.3 Å². The molecule has 0 amide bonds. The van der Waals surface area contributed by atoms with E-state index in [9.17, 15) is 0 Å². The van der Waals surface area contributed by atoms with E-state index in [0.29, 0.717) is 6.54 Å². The third kappa shape index (κ3) is 7.26. The molecule has 0 atom stereocenters. The summed E-state index contributed by atoms with van der Waals surface area (Å²) in [6.07, 6.45) is 4.74. The smallest absolute Gasteiger partial charge is 0.191 e. The van der Waals surface area contributed by atoms with Crippen molar-refractivity contribution in [2.24, 2.45) is 4.99 Å². The van der Waals surface area contributed by atoms with Crippen LogP contribution in [0.1, 0.15) is 28.1 Å². The maximum Gasteiger partial charge on any atom is 0.191 e. The van der Waals surface area contributed by atoms with Gasteiger partial charge in [0.25, 0.3) is 0 Å². The Labute approximate surface area is 159 Å². The van der Waals surface area contributed by atoms with Crippen molar-refractivity contribution in [1.29, 1.82) is 0 Å². The van der Waals surface area contributed by atoms with E-state index in [1.54, 1.807) is 11.3 Å². The molecular formula is C16H24IN5S. The minimum atomic E-state index is 0. The van der Waals surface area contributed by atoms with Gasteiger partial charge in [0.1, 0.15) is 5.01 Å². The molecule has 0 radical (unpaired) electrons. The zero-order valence-corrected chi connectivity index (χ0v) is 16.9.